The van der Waals surface area contributed by atoms with Crippen LogP contribution < -0.4 is 15.2 Å². The second-order valence-electron chi connectivity index (χ2n) is 6.17. The summed E-state index contributed by atoms with van der Waals surface area (Å²) in [6.45, 7) is 3.08. The van der Waals surface area contributed by atoms with Gasteiger partial charge in [-0.1, -0.05) is 4.59 Å². The summed E-state index contributed by atoms with van der Waals surface area (Å²) >= 11 is 1.04. The number of rotatable bonds is 6. The Kier molecular flexibility index (Phi) is 6.52. The molecule has 1 atom stereocenters. The number of methoxy groups -OCH3 is 1. The van der Waals surface area contributed by atoms with Gasteiger partial charge in [-0.2, -0.15) is 4.79 Å². The molecule has 0 bridgehead atoms. The van der Waals surface area contributed by atoms with Gasteiger partial charge in [-0.05, 0) is 39.1 Å². The number of ether oxygens (including phenoxy) is 1. The van der Waals surface area contributed by atoms with Crippen molar-refractivity contribution in [3.05, 3.63) is 15.8 Å². The highest BCUT2D eigenvalue weighted by molar-refractivity contribution is 7.16. The SMILES string of the molecule is CC[N+]1(C(=O)O)N=C(NC(=O)NCCCN(C)C)c2sc(C(=O)OC)cc21. The van der Waals surface area contributed by atoms with Crippen molar-refractivity contribution in [1.29, 1.82) is 0 Å². The van der Waals surface area contributed by atoms with Crippen LogP contribution in [0.15, 0.2) is 11.2 Å². The molecule has 1 aromatic heterocycles. The highest BCUT2D eigenvalue weighted by Crippen LogP contribution is 2.40. The lowest BCUT2D eigenvalue weighted by molar-refractivity contribution is 0.0606. The minimum absolute atomic E-state index is 0.120. The molecule has 1 unspecified atom stereocenters. The summed E-state index contributed by atoms with van der Waals surface area (Å²) in [6.07, 6.45) is -0.426. The van der Waals surface area contributed by atoms with E-state index < -0.39 is 22.7 Å². The first-order chi connectivity index (χ1) is 12.7. The molecule has 0 saturated carbocycles. The van der Waals surface area contributed by atoms with Crippen LogP contribution >= 0.6 is 11.3 Å². The van der Waals surface area contributed by atoms with E-state index in [0.717, 1.165) is 24.3 Å². The third-order valence-corrected chi connectivity index (χ3v) is 5.17. The molecular weight excluding hydrogens is 374 g/mol. The van der Waals surface area contributed by atoms with Gasteiger partial charge in [0, 0.05) is 12.6 Å². The van der Waals surface area contributed by atoms with Gasteiger partial charge in [0.05, 0.1) is 7.11 Å². The Morgan fingerprint density at radius 2 is 2.07 bits per heavy atom. The normalized spacial score (nSPS) is 18.0. The van der Waals surface area contributed by atoms with Gasteiger partial charge in [0.2, 0.25) is 5.84 Å². The first-order valence-electron chi connectivity index (χ1n) is 8.39. The highest BCUT2D eigenvalue weighted by atomic mass is 32.1. The Labute approximate surface area is 161 Å². The minimum atomic E-state index is -1.20. The second-order valence-corrected chi connectivity index (χ2v) is 7.22. The van der Waals surface area contributed by atoms with Gasteiger partial charge in [-0.15, -0.1) is 11.3 Å². The van der Waals surface area contributed by atoms with Crippen LogP contribution in [0.1, 0.15) is 27.9 Å². The van der Waals surface area contributed by atoms with E-state index in [1.54, 1.807) is 6.92 Å². The largest absolute Gasteiger partial charge is 0.546 e. The van der Waals surface area contributed by atoms with E-state index in [1.165, 1.54) is 13.2 Å². The molecule has 11 heteroatoms. The van der Waals surface area contributed by atoms with Gasteiger partial charge < -0.3 is 20.1 Å². The quantitative estimate of drug-likeness (QED) is 0.379. The Morgan fingerprint density at radius 3 is 2.63 bits per heavy atom. The number of amides is 3. The topological polar surface area (TPSA) is 120 Å². The summed E-state index contributed by atoms with van der Waals surface area (Å²) in [5.74, 6) is -0.444. The first kappa shape index (κ1) is 20.8. The van der Waals surface area contributed by atoms with Gasteiger partial charge in [-0.25, -0.2) is 9.59 Å². The van der Waals surface area contributed by atoms with Crippen molar-refractivity contribution >= 4 is 41.0 Å². The fourth-order valence-electron chi connectivity index (χ4n) is 2.65. The highest BCUT2D eigenvalue weighted by Gasteiger charge is 2.50. The molecule has 0 aromatic carbocycles. The maximum Gasteiger partial charge on any atom is 0.546 e. The monoisotopic (exact) mass is 398 g/mol. The van der Waals surface area contributed by atoms with Gasteiger partial charge in [0.1, 0.15) is 16.3 Å². The lowest BCUT2D eigenvalue weighted by Crippen LogP contribution is -2.47. The van der Waals surface area contributed by atoms with Gasteiger partial charge >= 0.3 is 18.1 Å². The van der Waals surface area contributed by atoms with Gasteiger partial charge in [0.15, 0.2) is 5.69 Å². The molecule has 1 aliphatic rings. The summed E-state index contributed by atoms with van der Waals surface area (Å²) in [7, 11) is 5.14. The molecule has 0 spiro atoms. The lowest BCUT2D eigenvalue weighted by atomic mass is 10.3. The van der Waals surface area contributed by atoms with Crippen LogP contribution in [-0.2, 0) is 4.74 Å². The summed E-state index contributed by atoms with van der Waals surface area (Å²) in [5.41, 5.74) is 0.332. The fraction of sp³-hybridized carbons (Fsp3) is 0.500. The molecule has 10 nitrogen and oxygen atoms in total. The average molecular weight is 398 g/mol. The number of fused-ring (bicyclic) bond motifs is 1. The molecular formula is C16H24N5O5S+. The van der Waals surface area contributed by atoms with Crippen molar-refractivity contribution in [2.75, 3.05) is 40.8 Å². The maximum absolute atomic E-state index is 12.2. The van der Waals surface area contributed by atoms with Gasteiger partial charge in [-0.3, -0.25) is 5.32 Å². The number of thiophene rings is 1. The van der Waals surface area contributed by atoms with E-state index in [4.69, 9.17) is 4.74 Å². The fourth-order valence-corrected chi connectivity index (χ4v) is 3.71. The van der Waals surface area contributed by atoms with Crippen LogP contribution in [-0.4, -0.2) is 74.8 Å². The van der Waals surface area contributed by atoms with Crippen molar-refractivity contribution in [1.82, 2.24) is 20.1 Å². The number of carbonyl (C=O) groups is 3. The third-order valence-electron chi connectivity index (χ3n) is 4.06. The van der Waals surface area contributed by atoms with Crippen LogP contribution in [0.4, 0.5) is 15.3 Å². The molecule has 27 heavy (non-hydrogen) atoms. The number of carbonyl (C=O) groups excluding carboxylic acids is 2. The Morgan fingerprint density at radius 1 is 1.37 bits per heavy atom. The first-order valence-corrected chi connectivity index (χ1v) is 9.21. The number of esters is 1. The molecule has 0 radical (unpaired) electrons. The van der Waals surface area contributed by atoms with E-state index in [0.29, 0.717) is 17.1 Å². The van der Waals surface area contributed by atoms with E-state index in [2.05, 4.69) is 15.7 Å². The molecule has 148 valence electrons. The number of quaternary nitrogens is 1. The number of hydrogen-bond acceptors (Lipinski definition) is 7. The molecule has 1 aliphatic heterocycles. The predicted molar refractivity (Wildman–Crippen MR) is 102 cm³/mol. The van der Waals surface area contributed by atoms with Crippen LogP contribution in [0.2, 0.25) is 0 Å². The second kappa shape index (κ2) is 8.46. The molecule has 0 fully saturated rings. The van der Waals surface area contributed by atoms with E-state index in [-0.39, 0.29) is 17.3 Å². The van der Waals surface area contributed by atoms with Crippen molar-refractivity contribution in [3.63, 3.8) is 0 Å². The molecule has 1 aromatic rings. The van der Waals surface area contributed by atoms with Crippen LogP contribution in [0, 0.1) is 0 Å². The lowest BCUT2D eigenvalue weighted by Gasteiger charge is -2.19. The van der Waals surface area contributed by atoms with E-state index in [1.807, 2.05) is 19.0 Å². The zero-order chi connectivity index (χ0) is 20.2. The van der Waals surface area contributed by atoms with Crippen LogP contribution in [0.3, 0.4) is 0 Å². The number of nitrogens with zero attached hydrogens (tertiary/aromatic N) is 3. The number of urea groups is 1. The average Bonchev–Trinajstić information content (AvgIpc) is 3.17. The van der Waals surface area contributed by atoms with Crippen molar-refractivity contribution < 1.29 is 24.2 Å². The molecule has 3 N–H and O–H groups in total. The summed E-state index contributed by atoms with van der Waals surface area (Å²) in [6, 6.07) is 0.976. The number of hydrogen-bond donors (Lipinski definition) is 3. The van der Waals surface area contributed by atoms with Crippen LogP contribution in [0.25, 0.3) is 0 Å². The Bertz CT molecular complexity index is 775. The summed E-state index contributed by atoms with van der Waals surface area (Å²) in [4.78, 5) is 38.6. The van der Waals surface area contributed by atoms with Crippen LogP contribution in [0.5, 0.6) is 0 Å². The summed E-state index contributed by atoms with van der Waals surface area (Å²) in [5, 5.41) is 19.2. The number of carboxylic acid groups (broad SMARTS) is 1. The minimum Gasteiger partial charge on any atom is -0.465 e. The van der Waals surface area contributed by atoms with Crippen molar-refractivity contribution in [2.24, 2.45) is 5.10 Å². The Balaban J connectivity index is 2.23. The maximum atomic E-state index is 12.2. The molecule has 0 saturated heterocycles. The zero-order valence-electron chi connectivity index (χ0n) is 15.7. The number of nitrogens with one attached hydrogen (secondary N) is 2. The third kappa shape index (κ3) is 4.26. The standard InChI is InChI=1S/C16H23N5O5S/c1-5-21(16(24)25)10-9-11(14(22)26-4)27-12(10)13(19-21)18-15(23)17-7-6-8-20(2)3/h9H,5-8H2,1-4H3,(H2-,17,18,19,23,24,25)/p+1. The predicted octanol–water partition coefficient (Wildman–Crippen LogP) is 1.47. The smallest absolute Gasteiger partial charge is 0.465 e. The molecule has 0 aliphatic carbocycles. The van der Waals surface area contributed by atoms with Crippen molar-refractivity contribution in [2.45, 2.75) is 13.3 Å². The molecule has 3 amide bonds. The van der Waals surface area contributed by atoms with Crippen molar-refractivity contribution in [3.8, 4) is 0 Å². The van der Waals surface area contributed by atoms with Gasteiger partial charge in [0.25, 0.3) is 0 Å². The zero-order valence-corrected chi connectivity index (χ0v) is 16.6. The molecule has 2 rings (SSSR count). The van der Waals surface area contributed by atoms with E-state index in [9.17, 15) is 19.5 Å². The number of amidine groups is 1. The van der Waals surface area contributed by atoms with E-state index >= 15 is 0 Å². The molecule has 2 heterocycles. The Hall–Kier alpha value is -2.50. The summed E-state index contributed by atoms with van der Waals surface area (Å²) < 4.78 is 3.97.